The Morgan fingerprint density at radius 2 is 1.20 bits per heavy atom. The van der Waals surface area contributed by atoms with Crippen molar-refractivity contribution in [3.63, 3.8) is 0 Å². The van der Waals surface area contributed by atoms with Crippen LogP contribution in [-0.4, -0.2) is 25.1 Å². The van der Waals surface area contributed by atoms with Gasteiger partial charge in [0.25, 0.3) is 0 Å². The largest absolute Gasteiger partial charge is 0.502 e. The molecule has 0 spiro atoms. The molecule has 0 atom stereocenters. The Balaban J connectivity index is 0. The quantitative estimate of drug-likeness (QED) is 0.163. The zero-order valence-electron chi connectivity index (χ0n) is 17.9. The molecule has 0 radical (unpaired) electrons. The third-order valence-electron chi connectivity index (χ3n) is 4.41. The van der Waals surface area contributed by atoms with E-state index in [0.717, 1.165) is 13.0 Å². The third-order valence-corrected chi connectivity index (χ3v) is 7.24. The van der Waals surface area contributed by atoms with Gasteiger partial charge in [-0.25, -0.2) is 0 Å². The Bertz CT molecular complexity index is 283. The SMILES string of the molecule is CCCCCCCC(O)=S.CCCCCCCCC[Si](C)(C)OCC. The molecule has 0 aliphatic carbocycles. The van der Waals surface area contributed by atoms with Crippen molar-refractivity contribution in [2.45, 2.75) is 123 Å². The molecule has 0 unspecified atom stereocenters. The van der Waals surface area contributed by atoms with Gasteiger partial charge in [0.1, 0.15) is 0 Å². The highest BCUT2D eigenvalue weighted by atomic mass is 32.1. The molecule has 1 N–H and O–H groups in total. The van der Waals surface area contributed by atoms with Crippen molar-refractivity contribution in [1.29, 1.82) is 0 Å². The van der Waals surface area contributed by atoms with Gasteiger partial charge in [0, 0.05) is 13.0 Å². The minimum atomic E-state index is -1.28. The molecular formula is C21H46O2SSi. The first-order valence-electron chi connectivity index (χ1n) is 10.7. The lowest BCUT2D eigenvalue weighted by molar-refractivity contribution is 0.327. The minimum absolute atomic E-state index is 0.163. The maximum atomic E-state index is 8.64. The average Bonchev–Trinajstić information content (AvgIpc) is 2.54. The van der Waals surface area contributed by atoms with Crippen LogP contribution in [-0.2, 0) is 4.43 Å². The number of hydrogen-bond donors (Lipinski definition) is 1. The second kappa shape index (κ2) is 20.4. The van der Waals surface area contributed by atoms with Crippen molar-refractivity contribution in [2.24, 2.45) is 0 Å². The van der Waals surface area contributed by atoms with Crippen LogP contribution in [0.15, 0.2) is 0 Å². The fraction of sp³-hybridized carbons (Fsp3) is 0.952. The van der Waals surface area contributed by atoms with Crippen LogP contribution in [0, 0.1) is 0 Å². The number of rotatable bonds is 16. The van der Waals surface area contributed by atoms with Gasteiger partial charge in [0.05, 0.1) is 0 Å². The Kier molecular flexibility index (Phi) is 22.2. The van der Waals surface area contributed by atoms with Crippen LogP contribution < -0.4 is 0 Å². The molecule has 0 aliphatic rings. The highest BCUT2D eigenvalue weighted by molar-refractivity contribution is 7.80. The van der Waals surface area contributed by atoms with Gasteiger partial charge in [-0.05, 0) is 44.7 Å². The Hall–Kier alpha value is 0.0669. The van der Waals surface area contributed by atoms with Crippen LogP contribution in [0.25, 0.3) is 0 Å². The van der Waals surface area contributed by atoms with Crippen LogP contribution in [0.2, 0.25) is 19.1 Å². The Labute approximate surface area is 165 Å². The van der Waals surface area contributed by atoms with E-state index >= 15 is 0 Å². The van der Waals surface area contributed by atoms with Gasteiger partial charge in [0.15, 0.2) is 13.4 Å². The second-order valence-corrected chi connectivity index (χ2v) is 12.4. The van der Waals surface area contributed by atoms with E-state index in [9.17, 15) is 0 Å². The summed E-state index contributed by atoms with van der Waals surface area (Å²) < 4.78 is 5.81. The molecule has 0 bridgehead atoms. The molecule has 25 heavy (non-hydrogen) atoms. The first-order valence-corrected chi connectivity index (χ1v) is 14.3. The highest BCUT2D eigenvalue weighted by Gasteiger charge is 2.20. The van der Waals surface area contributed by atoms with Gasteiger partial charge in [-0.3, -0.25) is 0 Å². The first-order chi connectivity index (χ1) is 11.9. The topological polar surface area (TPSA) is 29.5 Å². The van der Waals surface area contributed by atoms with Crippen molar-refractivity contribution in [3.05, 3.63) is 0 Å². The molecule has 0 rings (SSSR count). The summed E-state index contributed by atoms with van der Waals surface area (Å²) in [4.78, 5) is 0. The van der Waals surface area contributed by atoms with E-state index in [1.165, 1.54) is 76.7 Å². The number of thiocarbonyl (C=S) groups is 1. The van der Waals surface area contributed by atoms with E-state index in [1.807, 2.05) is 0 Å². The predicted molar refractivity (Wildman–Crippen MR) is 121 cm³/mol. The predicted octanol–water partition coefficient (Wildman–Crippen LogP) is 8.21. The van der Waals surface area contributed by atoms with Crippen molar-refractivity contribution in [1.82, 2.24) is 0 Å². The number of hydrogen-bond acceptors (Lipinski definition) is 2. The van der Waals surface area contributed by atoms with Gasteiger partial charge in [-0.1, -0.05) is 84.5 Å². The smallest absolute Gasteiger partial charge is 0.186 e. The molecule has 0 heterocycles. The lowest BCUT2D eigenvalue weighted by Crippen LogP contribution is -2.29. The first kappa shape index (κ1) is 27.3. The molecule has 0 aromatic heterocycles. The Morgan fingerprint density at radius 1 is 0.760 bits per heavy atom. The van der Waals surface area contributed by atoms with Crippen LogP contribution in [0.3, 0.4) is 0 Å². The summed E-state index contributed by atoms with van der Waals surface area (Å²) in [6, 6.07) is 1.34. The molecule has 0 aliphatic heterocycles. The molecule has 0 aromatic carbocycles. The normalized spacial score (nSPS) is 11.1. The van der Waals surface area contributed by atoms with Crippen LogP contribution in [0.5, 0.6) is 0 Å². The van der Waals surface area contributed by atoms with Crippen LogP contribution in [0.4, 0.5) is 0 Å². The van der Waals surface area contributed by atoms with Crippen molar-refractivity contribution in [2.75, 3.05) is 6.61 Å². The molecule has 0 amide bonds. The minimum Gasteiger partial charge on any atom is -0.502 e. The molecule has 4 heteroatoms. The number of unbranched alkanes of at least 4 members (excludes halogenated alkanes) is 10. The highest BCUT2D eigenvalue weighted by Crippen LogP contribution is 2.17. The van der Waals surface area contributed by atoms with Crippen LogP contribution in [0.1, 0.15) is 104 Å². The van der Waals surface area contributed by atoms with Crippen LogP contribution >= 0.6 is 12.2 Å². The summed E-state index contributed by atoms with van der Waals surface area (Å²) in [6.45, 7) is 12.2. The van der Waals surface area contributed by atoms with Gasteiger partial charge >= 0.3 is 0 Å². The monoisotopic (exact) mass is 390 g/mol. The Morgan fingerprint density at radius 3 is 1.64 bits per heavy atom. The molecule has 0 fully saturated rings. The van der Waals surface area contributed by atoms with E-state index in [-0.39, 0.29) is 5.05 Å². The van der Waals surface area contributed by atoms with E-state index in [1.54, 1.807) is 0 Å². The zero-order valence-corrected chi connectivity index (χ0v) is 19.7. The van der Waals surface area contributed by atoms with E-state index in [0.29, 0.717) is 6.42 Å². The molecule has 0 saturated carbocycles. The summed E-state index contributed by atoms with van der Waals surface area (Å²) in [5, 5.41) is 8.80. The molecule has 0 saturated heterocycles. The lowest BCUT2D eigenvalue weighted by atomic mass is 10.1. The summed E-state index contributed by atoms with van der Waals surface area (Å²) in [5.41, 5.74) is 0. The van der Waals surface area contributed by atoms with E-state index in [2.05, 4.69) is 46.1 Å². The van der Waals surface area contributed by atoms with Gasteiger partial charge in [-0.15, -0.1) is 0 Å². The average molecular weight is 391 g/mol. The summed E-state index contributed by atoms with van der Waals surface area (Å²) in [5.74, 6) is 0. The molecular weight excluding hydrogens is 344 g/mol. The maximum Gasteiger partial charge on any atom is 0.186 e. The third kappa shape index (κ3) is 26.4. The van der Waals surface area contributed by atoms with Gasteiger partial charge in [-0.2, -0.15) is 0 Å². The summed E-state index contributed by atoms with van der Waals surface area (Å²) in [7, 11) is -1.28. The number of aliphatic hydroxyl groups excluding tert-OH is 1. The summed E-state index contributed by atoms with van der Waals surface area (Å²) >= 11 is 4.53. The fourth-order valence-corrected chi connectivity index (χ4v) is 5.02. The summed E-state index contributed by atoms with van der Waals surface area (Å²) in [6.07, 6.45) is 16.7. The van der Waals surface area contributed by atoms with E-state index < -0.39 is 8.32 Å². The van der Waals surface area contributed by atoms with Crippen molar-refractivity contribution >= 4 is 25.6 Å². The number of aliphatic hydroxyl groups is 1. The van der Waals surface area contributed by atoms with Gasteiger partial charge < -0.3 is 9.53 Å². The molecule has 2 nitrogen and oxygen atoms in total. The standard InChI is InChI=1S/C13H30OSi.C8H16OS/c1-5-7-8-9-10-11-12-13-15(3,4)14-6-2;1-2-3-4-5-6-7-8(9)10/h5-13H2,1-4H3;2-7H2,1H3,(H,9,10). The lowest BCUT2D eigenvalue weighted by Gasteiger charge is -2.21. The molecule has 152 valence electrons. The van der Waals surface area contributed by atoms with Gasteiger partial charge in [0.2, 0.25) is 0 Å². The van der Waals surface area contributed by atoms with Crippen molar-refractivity contribution < 1.29 is 9.53 Å². The zero-order chi connectivity index (χ0) is 19.4. The maximum absolute atomic E-state index is 8.64. The van der Waals surface area contributed by atoms with Crippen molar-refractivity contribution in [3.8, 4) is 0 Å². The fourth-order valence-electron chi connectivity index (χ4n) is 2.85. The molecule has 0 aromatic rings. The second-order valence-electron chi connectivity index (χ2n) is 7.62. The van der Waals surface area contributed by atoms with E-state index in [4.69, 9.17) is 9.53 Å².